The number of methoxy groups -OCH3 is 1. The molecule has 22 heavy (non-hydrogen) atoms. The second-order valence-corrected chi connectivity index (χ2v) is 4.88. The van der Waals surface area contributed by atoms with Crippen LogP contribution in [0, 0.1) is 0 Å². The Morgan fingerprint density at radius 2 is 1.86 bits per heavy atom. The fraction of sp³-hybridized carbons (Fsp3) is 0.235. The monoisotopic (exact) mass is 300 g/mol. The summed E-state index contributed by atoms with van der Waals surface area (Å²) in [7, 11) is 1.62. The first-order valence-corrected chi connectivity index (χ1v) is 7.00. The van der Waals surface area contributed by atoms with E-state index in [1.807, 2.05) is 36.4 Å². The van der Waals surface area contributed by atoms with Crippen molar-refractivity contribution in [3.63, 3.8) is 0 Å². The van der Waals surface area contributed by atoms with Crippen LogP contribution in [0.25, 0.3) is 0 Å². The number of carbonyl (C=O) groups is 1. The van der Waals surface area contributed by atoms with Gasteiger partial charge in [0.05, 0.1) is 25.1 Å². The highest BCUT2D eigenvalue weighted by Gasteiger charge is 2.14. The molecule has 0 bridgehead atoms. The lowest BCUT2D eigenvalue weighted by Crippen LogP contribution is -2.27. The molecule has 0 radical (unpaired) electrons. The van der Waals surface area contributed by atoms with E-state index in [1.165, 1.54) is 0 Å². The van der Waals surface area contributed by atoms with Crippen LogP contribution in [0.2, 0.25) is 0 Å². The number of nitrogens with one attached hydrogen (secondary N) is 1. The van der Waals surface area contributed by atoms with Gasteiger partial charge in [0.15, 0.2) is 0 Å². The predicted octanol–water partition coefficient (Wildman–Crippen LogP) is 2.82. The molecule has 0 fully saturated rings. The Hall–Kier alpha value is -2.53. The largest absolute Gasteiger partial charge is 0.497 e. The van der Waals surface area contributed by atoms with Crippen molar-refractivity contribution < 1.29 is 14.3 Å². The van der Waals surface area contributed by atoms with E-state index in [1.54, 1.807) is 26.2 Å². The molecule has 0 saturated carbocycles. The normalized spacial score (nSPS) is 11.7. The molecule has 2 rings (SSSR count). The molecule has 0 spiro atoms. The summed E-state index contributed by atoms with van der Waals surface area (Å²) in [5, 5.41) is 2.76. The molecule has 3 N–H and O–H groups in total. The molecule has 1 amide bonds. The van der Waals surface area contributed by atoms with Gasteiger partial charge in [-0.15, -0.1) is 0 Å². The van der Waals surface area contributed by atoms with E-state index in [9.17, 15) is 4.79 Å². The van der Waals surface area contributed by atoms with Gasteiger partial charge in [-0.25, -0.2) is 0 Å². The summed E-state index contributed by atoms with van der Waals surface area (Å²) in [5.41, 5.74) is 7.88. The number of carbonyl (C=O) groups excluding carboxylic acids is 1. The van der Waals surface area contributed by atoms with Gasteiger partial charge in [-0.05, 0) is 36.8 Å². The fourth-order valence-electron chi connectivity index (χ4n) is 1.86. The van der Waals surface area contributed by atoms with E-state index in [4.69, 9.17) is 15.2 Å². The smallest absolute Gasteiger partial charge is 0.253 e. The van der Waals surface area contributed by atoms with Crippen molar-refractivity contribution in [1.82, 2.24) is 0 Å². The van der Waals surface area contributed by atoms with E-state index >= 15 is 0 Å². The molecule has 1 unspecified atom stereocenters. The molecule has 5 nitrogen and oxygen atoms in total. The Morgan fingerprint density at radius 1 is 1.18 bits per heavy atom. The average molecular weight is 300 g/mol. The molecular weight excluding hydrogens is 280 g/mol. The molecule has 0 saturated heterocycles. The van der Waals surface area contributed by atoms with Crippen molar-refractivity contribution in [3.8, 4) is 5.75 Å². The predicted molar refractivity (Wildman–Crippen MR) is 86.7 cm³/mol. The zero-order valence-corrected chi connectivity index (χ0v) is 12.7. The average Bonchev–Trinajstić information content (AvgIpc) is 2.55. The summed E-state index contributed by atoms with van der Waals surface area (Å²) >= 11 is 0. The first-order chi connectivity index (χ1) is 10.6. The summed E-state index contributed by atoms with van der Waals surface area (Å²) in [6.07, 6.45) is -0.582. The third kappa shape index (κ3) is 4.23. The number of hydrogen-bond donors (Lipinski definition) is 2. The lowest BCUT2D eigenvalue weighted by Gasteiger charge is -2.14. The number of nitrogens with two attached hydrogens (primary N) is 1. The molecule has 116 valence electrons. The first-order valence-electron chi connectivity index (χ1n) is 7.00. The van der Waals surface area contributed by atoms with Crippen LogP contribution in [-0.4, -0.2) is 19.1 Å². The van der Waals surface area contributed by atoms with E-state index in [0.717, 1.165) is 11.3 Å². The van der Waals surface area contributed by atoms with Gasteiger partial charge in [0.1, 0.15) is 11.9 Å². The van der Waals surface area contributed by atoms with Crippen LogP contribution in [0.3, 0.4) is 0 Å². The molecule has 0 aliphatic carbocycles. The Balaban J connectivity index is 1.87. The molecule has 0 aliphatic heterocycles. The number of amides is 1. The van der Waals surface area contributed by atoms with Gasteiger partial charge in [-0.1, -0.05) is 24.3 Å². The number of rotatable bonds is 6. The Kier molecular flexibility index (Phi) is 5.38. The van der Waals surface area contributed by atoms with E-state index in [2.05, 4.69) is 5.32 Å². The quantitative estimate of drug-likeness (QED) is 0.805. The molecule has 0 aromatic heterocycles. The summed E-state index contributed by atoms with van der Waals surface area (Å²) in [6.45, 7) is 2.06. The van der Waals surface area contributed by atoms with E-state index < -0.39 is 6.10 Å². The van der Waals surface area contributed by atoms with Crippen LogP contribution in [0.15, 0.2) is 48.5 Å². The van der Waals surface area contributed by atoms with Crippen LogP contribution in [0.1, 0.15) is 12.5 Å². The van der Waals surface area contributed by atoms with Gasteiger partial charge in [0.2, 0.25) is 0 Å². The van der Waals surface area contributed by atoms with Gasteiger partial charge in [-0.2, -0.15) is 0 Å². The third-order valence-electron chi connectivity index (χ3n) is 3.25. The van der Waals surface area contributed by atoms with Crippen molar-refractivity contribution in [3.05, 3.63) is 54.1 Å². The first kappa shape index (κ1) is 15.9. The van der Waals surface area contributed by atoms with Gasteiger partial charge in [0, 0.05) is 0 Å². The summed E-state index contributed by atoms with van der Waals surface area (Å²) in [6, 6.07) is 14.6. The maximum absolute atomic E-state index is 12.1. The van der Waals surface area contributed by atoms with Crippen LogP contribution in [0.4, 0.5) is 11.4 Å². The Bertz CT molecular complexity index is 626. The second-order valence-electron chi connectivity index (χ2n) is 4.88. The van der Waals surface area contributed by atoms with Crippen molar-refractivity contribution >= 4 is 17.3 Å². The topological polar surface area (TPSA) is 73.6 Å². The number of ether oxygens (including phenoxy) is 2. The van der Waals surface area contributed by atoms with Gasteiger partial charge in [-0.3, -0.25) is 4.79 Å². The summed E-state index contributed by atoms with van der Waals surface area (Å²) in [4.78, 5) is 12.1. The van der Waals surface area contributed by atoms with E-state index in [-0.39, 0.29) is 5.91 Å². The zero-order valence-electron chi connectivity index (χ0n) is 12.7. The minimum absolute atomic E-state index is 0.230. The molecular formula is C17H20N2O3. The van der Waals surface area contributed by atoms with E-state index in [0.29, 0.717) is 18.0 Å². The van der Waals surface area contributed by atoms with Crippen LogP contribution in [-0.2, 0) is 16.1 Å². The maximum Gasteiger partial charge on any atom is 0.253 e. The van der Waals surface area contributed by atoms with Crippen molar-refractivity contribution in [2.75, 3.05) is 18.2 Å². The van der Waals surface area contributed by atoms with Crippen molar-refractivity contribution in [2.45, 2.75) is 19.6 Å². The molecule has 0 aliphatic rings. The molecule has 0 heterocycles. The van der Waals surface area contributed by atoms with Crippen LogP contribution >= 0.6 is 0 Å². The minimum atomic E-state index is -0.582. The van der Waals surface area contributed by atoms with Gasteiger partial charge >= 0.3 is 0 Å². The number of anilines is 2. The van der Waals surface area contributed by atoms with Crippen molar-refractivity contribution in [2.24, 2.45) is 0 Å². The lowest BCUT2D eigenvalue weighted by atomic mass is 10.2. The van der Waals surface area contributed by atoms with Gasteiger partial charge < -0.3 is 20.5 Å². The standard InChI is InChI=1S/C17H20N2O3/c1-12(17(20)19-16-6-4-3-5-15(16)18)22-11-13-7-9-14(21-2)10-8-13/h3-10,12H,11,18H2,1-2H3,(H,19,20). The maximum atomic E-state index is 12.1. The Labute approximate surface area is 130 Å². The number of para-hydroxylation sites is 2. The second kappa shape index (κ2) is 7.47. The van der Waals surface area contributed by atoms with Crippen molar-refractivity contribution in [1.29, 1.82) is 0 Å². The fourth-order valence-corrected chi connectivity index (χ4v) is 1.86. The molecule has 2 aromatic carbocycles. The molecule has 2 aromatic rings. The summed E-state index contributed by atoms with van der Waals surface area (Å²) in [5.74, 6) is 0.556. The number of benzene rings is 2. The van der Waals surface area contributed by atoms with Crippen LogP contribution in [0.5, 0.6) is 5.75 Å². The highest BCUT2D eigenvalue weighted by Crippen LogP contribution is 2.17. The molecule has 1 atom stereocenters. The number of nitrogen functional groups attached to an aromatic ring is 1. The Morgan fingerprint density at radius 3 is 2.50 bits per heavy atom. The van der Waals surface area contributed by atoms with Crippen LogP contribution < -0.4 is 15.8 Å². The molecule has 5 heteroatoms. The lowest BCUT2D eigenvalue weighted by molar-refractivity contribution is -0.127. The SMILES string of the molecule is COc1ccc(COC(C)C(=O)Nc2ccccc2N)cc1. The third-order valence-corrected chi connectivity index (χ3v) is 3.25. The minimum Gasteiger partial charge on any atom is -0.497 e. The highest BCUT2D eigenvalue weighted by molar-refractivity contribution is 5.96. The summed E-state index contributed by atoms with van der Waals surface area (Å²) < 4.78 is 10.7. The zero-order chi connectivity index (χ0) is 15.9. The van der Waals surface area contributed by atoms with Gasteiger partial charge in [0.25, 0.3) is 5.91 Å². The number of hydrogen-bond acceptors (Lipinski definition) is 4. The highest BCUT2D eigenvalue weighted by atomic mass is 16.5.